The maximum atomic E-state index is 12.7. The maximum Gasteiger partial charge on any atom is 0.196 e. The van der Waals surface area contributed by atoms with Gasteiger partial charge in [-0.1, -0.05) is 18.5 Å². The van der Waals surface area contributed by atoms with E-state index in [1.165, 1.54) is 6.20 Å². The molecular formula is C12H17ClN2O2S2. The van der Waals surface area contributed by atoms with Crippen molar-refractivity contribution >= 4 is 40.9 Å². The number of ketones is 1. The second-order valence-corrected chi connectivity index (χ2v) is 7.43. The van der Waals surface area contributed by atoms with Crippen molar-refractivity contribution in [1.82, 2.24) is 9.78 Å². The Hall–Kier alpha value is -0.170. The molecule has 7 heteroatoms. The molecule has 4 nitrogen and oxygen atoms in total. The van der Waals surface area contributed by atoms with E-state index in [4.69, 9.17) is 16.3 Å². The molecule has 0 bridgehead atoms. The first-order valence-corrected chi connectivity index (χ1v) is 8.60. The van der Waals surface area contributed by atoms with Crippen molar-refractivity contribution in [2.45, 2.75) is 24.0 Å². The van der Waals surface area contributed by atoms with Crippen LogP contribution >= 0.6 is 35.1 Å². The number of methoxy groups -OCH3 is 1. The van der Waals surface area contributed by atoms with Gasteiger partial charge in [-0.15, -0.1) is 11.8 Å². The van der Waals surface area contributed by atoms with Crippen LogP contribution in [0.25, 0.3) is 0 Å². The summed E-state index contributed by atoms with van der Waals surface area (Å²) in [5, 5.41) is 4.88. The maximum absolute atomic E-state index is 12.7. The summed E-state index contributed by atoms with van der Waals surface area (Å²) in [5.74, 6) is 2.20. The first kappa shape index (κ1) is 15.2. The number of hydrogen-bond donors (Lipinski definition) is 0. The summed E-state index contributed by atoms with van der Waals surface area (Å²) in [4.78, 5) is 12.7. The zero-order valence-corrected chi connectivity index (χ0v) is 13.4. The number of nitrogens with zero attached hydrogens (tertiary/aromatic N) is 2. The highest BCUT2D eigenvalue weighted by molar-refractivity contribution is 8.07. The Morgan fingerprint density at radius 2 is 2.32 bits per heavy atom. The van der Waals surface area contributed by atoms with E-state index in [1.807, 2.05) is 11.8 Å². The lowest BCUT2D eigenvalue weighted by Crippen LogP contribution is -2.33. The van der Waals surface area contributed by atoms with E-state index in [0.717, 1.165) is 11.5 Å². The van der Waals surface area contributed by atoms with Crippen LogP contribution < -0.4 is 0 Å². The number of carbonyl (C=O) groups excluding carboxylic acids is 1. The minimum absolute atomic E-state index is 0.0331. The van der Waals surface area contributed by atoms with E-state index in [-0.39, 0.29) is 11.0 Å². The number of ether oxygens (including phenoxy) is 1. The average Bonchev–Trinajstić information content (AvgIpc) is 2.77. The van der Waals surface area contributed by atoms with Gasteiger partial charge < -0.3 is 4.74 Å². The van der Waals surface area contributed by atoms with Gasteiger partial charge in [0.2, 0.25) is 0 Å². The Bertz CT molecular complexity index is 453. The fourth-order valence-corrected chi connectivity index (χ4v) is 4.94. The summed E-state index contributed by atoms with van der Waals surface area (Å²) >= 11 is 9.68. The van der Waals surface area contributed by atoms with Crippen LogP contribution in [0.15, 0.2) is 6.20 Å². The third kappa shape index (κ3) is 3.48. The van der Waals surface area contributed by atoms with Gasteiger partial charge >= 0.3 is 0 Å². The second-order valence-electron chi connectivity index (χ2n) is 4.29. The highest BCUT2D eigenvalue weighted by Gasteiger charge is 2.33. The summed E-state index contributed by atoms with van der Waals surface area (Å²) in [7, 11) is 1.63. The molecule has 0 radical (unpaired) electrons. The van der Waals surface area contributed by atoms with E-state index in [0.29, 0.717) is 29.1 Å². The highest BCUT2D eigenvalue weighted by Crippen LogP contribution is 2.34. The van der Waals surface area contributed by atoms with Crippen molar-refractivity contribution in [3.05, 3.63) is 16.9 Å². The van der Waals surface area contributed by atoms with Crippen LogP contribution in [0.5, 0.6) is 0 Å². The van der Waals surface area contributed by atoms with Gasteiger partial charge in [-0.3, -0.25) is 9.48 Å². The first-order valence-electron chi connectivity index (χ1n) is 6.12. The number of thioether (sulfide) groups is 2. The normalized spacial score (nSPS) is 23.5. The van der Waals surface area contributed by atoms with E-state index in [9.17, 15) is 4.79 Å². The van der Waals surface area contributed by atoms with Crippen molar-refractivity contribution in [3.63, 3.8) is 0 Å². The number of Topliss-reactive ketones (excluding diaryl/α,β-unsaturated/α-hetero) is 1. The fourth-order valence-electron chi connectivity index (χ4n) is 2.01. The van der Waals surface area contributed by atoms with Gasteiger partial charge in [-0.05, 0) is 0 Å². The predicted octanol–water partition coefficient (Wildman–Crippen LogP) is 2.60. The predicted molar refractivity (Wildman–Crippen MR) is 81.6 cm³/mol. The number of halogens is 1. The number of aromatic nitrogens is 2. The Morgan fingerprint density at radius 1 is 1.58 bits per heavy atom. The molecule has 2 rings (SSSR count). The summed E-state index contributed by atoms with van der Waals surface area (Å²) in [6.45, 7) is 3.16. The summed E-state index contributed by atoms with van der Waals surface area (Å²) < 4.78 is 6.69. The van der Waals surface area contributed by atoms with E-state index < -0.39 is 0 Å². The molecule has 1 aromatic heterocycles. The molecule has 0 saturated carbocycles. The molecule has 0 spiro atoms. The Balaban J connectivity index is 2.19. The Kier molecular flexibility index (Phi) is 5.62. The van der Waals surface area contributed by atoms with Gasteiger partial charge in [0.15, 0.2) is 5.78 Å². The number of rotatable bonds is 5. The summed E-state index contributed by atoms with van der Waals surface area (Å²) in [6.07, 6.45) is 1.54. The van der Waals surface area contributed by atoms with E-state index in [2.05, 4.69) is 12.0 Å². The van der Waals surface area contributed by atoms with E-state index >= 15 is 0 Å². The minimum atomic E-state index is -0.0331. The molecule has 2 unspecified atom stereocenters. The lowest BCUT2D eigenvalue weighted by atomic mass is 10.1. The molecule has 2 atom stereocenters. The first-order chi connectivity index (χ1) is 9.15. The molecule has 0 aliphatic carbocycles. The molecule has 1 aliphatic rings. The standard InChI is InChI=1S/C12H17ClN2O2S2/c1-8-12(19-6-5-18-8)11(16)10-9(13)7-14-15(10)3-4-17-2/h7-8,12H,3-6H2,1-2H3. The van der Waals surface area contributed by atoms with Crippen LogP contribution in [0, 0.1) is 0 Å². The molecule has 0 aromatic carbocycles. The highest BCUT2D eigenvalue weighted by atomic mass is 35.5. The van der Waals surface area contributed by atoms with Gasteiger partial charge in [0.1, 0.15) is 5.69 Å². The van der Waals surface area contributed by atoms with E-state index in [1.54, 1.807) is 23.6 Å². The van der Waals surface area contributed by atoms with Crippen LogP contribution in [-0.4, -0.2) is 51.3 Å². The van der Waals surface area contributed by atoms with Crippen LogP contribution in [0.4, 0.5) is 0 Å². The lowest BCUT2D eigenvalue weighted by Gasteiger charge is -2.26. The smallest absolute Gasteiger partial charge is 0.196 e. The monoisotopic (exact) mass is 320 g/mol. The molecule has 106 valence electrons. The summed E-state index contributed by atoms with van der Waals surface area (Å²) in [6, 6.07) is 0. The topological polar surface area (TPSA) is 44.1 Å². The van der Waals surface area contributed by atoms with Gasteiger partial charge in [0.05, 0.1) is 29.6 Å². The minimum Gasteiger partial charge on any atom is -0.383 e. The SMILES string of the molecule is COCCn1ncc(Cl)c1C(=O)C1SCCSC1C. The van der Waals surface area contributed by atoms with Crippen LogP contribution in [-0.2, 0) is 11.3 Å². The third-order valence-corrected chi connectivity index (χ3v) is 6.35. The van der Waals surface area contributed by atoms with Gasteiger partial charge in [-0.2, -0.15) is 16.9 Å². The van der Waals surface area contributed by atoms with Crippen molar-refractivity contribution < 1.29 is 9.53 Å². The van der Waals surface area contributed by atoms with Crippen LogP contribution in [0.1, 0.15) is 17.4 Å². The van der Waals surface area contributed by atoms with Gasteiger partial charge in [0.25, 0.3) is 0 Å². The quantitative estimate of drug-likeness (QED) is 0.780. The molecular weight excluding hydrogens is 304 g/mol. The van der Waals surface area contributed by atoms with Crippen molar-refractivity contribution in [1.29, 1.82) is 0 Å². The Morgan fingerprint density at radius 3 is 3.00 bits per heavy atom. The fraction of sp³-hybridized carbons (Fsp3) is 0.667. The molecule has 19 heavy (non-hydrogen) atoms. The third-order valence-electron chi connectivity index (χ3n) is 2.98. The summed E-state index contributed by atoms with van der Waals surface area (Å²) in [5.41, 5.74) is 0.519. The van der Waals surface area contributed by atoms with Crippen LogP contribution in [0.2, 0.25) is 5.02 Å². The van der Waals surface area contributed by atoms with Gasteiger partial charge in [0, 0.05) is 23.9 Å². The Labute approximate surface area is 126 Å². The zero-order chi connectivity index (χ0) is 13.8. The zero-order valence-electron chi connectivity index (χ0n) is 11.0. The largest absolute Gasteiger partial charge is 0.383 e. The van der Waals surface area contributed by atoms with Crippen molar-refractivity contribution in [3.8, 4) is 0 Å². The average molecular weight is 321 g/mol. The van der Waals surface area contributed by atoms with Gasteiger partial charge in [-0.25, -0.2) is 0 Å². The molecule has 1 saturated heterocycles. The number of carbonyl (C=O) groups is 1. The molecule has 2 heterocycles. The number of hydrogen-bond acceptors (Lipinski definition) is 5. The lowest BCUT2D eigenvalue weighted by molar-refractivity contribution is 0.0975. The van der Waals surface area contributed by atoms with Crippen molar-refractivity contribution in [2.24, 2.45) is 0 Å². The molecule has 1 aliphatic heterocycles. The van der Waals surface area contributed by atoms with Crippen molar-refractivity contribution in [2.75, 3.05) is 25.2 Å². The molecule has 0 amide bonds. The molecule has 0 N–H and O–H groups in total. The molecule has 1 fully saturated rings. The second kappa shape index (κ2) is 7.02. The molecule has 1 aromatic rings. The van der Waals surface area contributed by atoms with Crippen LogP contribution in [0.3, 0.4) is 0 Å².